The molecule has 5 heteroatoms. The second-order valence-corrected chi connectivity index (χ2v) is 6.35. The van der Waals surface area contributed by atoms with Crippen LogP contribution in [-0.4, -0.2) is 17.0 Å². The third-order valence-electron chi connectivity index (χ3n) is 2.66. The van der Waals surface area contributed by atoms with E-state index in [-0.39, 0.29) is 11.6 Å². The smallest absolute Gasteiger partial charge is 0.136 e. The Kier molecular flexibility index (Phi) is 5.57. The summed E-state index contributed by atoms with van der Waals surface area (Å²) in [5.74, 6) is -0.281. The van der Waals surface area contributed by atoms with Crippen molar-refractivity contribution in [2.24, 2.45) is 0 Å². The van der Waals surface area contributed by atoms with Crippen molar-refractivity contribution >= 4 is 27.7 Å². The van der Waals surface area contributed by atoms with Crippen LogP contribution in [0.25, 0.3) is 0 Å². The van der Waals surface area contributed by atoms with Crippen molar-refractivity contribution in [1.29, 1.82) is 0 Å². The van der Waals surface area contributed by atoms with E-state index >= 15 is 0 Å². The van der Waals surface area contributed by atoms with Crippen molar-refractivity contribution in [3.63, 3.8) is 0 Å². The van der Waals surface area contributed by atoms with Crippen LogP contribution in [0.4, 0.5) is 8.78 Å². The molecule has 2 aromatic rings. The molecule has 2 aromatic carbocycles. The zero-order valence-electron chi connectivity index (χ0n) is 10.5. The van der Waals surface area contributed by atoms with Gasteiger partial charge in [-0.1, -0.05) is 28.1 Å². The van der Waals surface area contributed by atoms with Crippen LogP contribution in [0.3, 0.4) is 0 Å². The molecular formula is C15H13BrF2OS. The summed E-state index contributed by atoms with van der Waals surface area (Å²) in [5, 5.41) is 9.96. The molecule has 0 aliphatic carbocycles. The molecule has 0 aliphatic heterocycles. The van der Waals surface area contributed by atoms with Crippen LogP contribution in [0, 0.1) is 11.6 Å². The van der Waals surface area contributed by atoms with Gasteiger partial charge in [0, 0.05) is 15.1 Å². The standard InChI is InChI=1S/C15H13BrF2OS/c16-11-5-10(6-12(17)8-11)7-13(19)9-20-15-4-2-1-3-14(15)18/h1-6,8,13,19H,7,9H2. The van der Waals surface area contributed by atoms with Gasteiger partial charge in [-0.3, -0.25) is 0 Å². The Morgan fingerprint density at radius 2 is 1.90 bits per heavy atom. The fourth-order valence-electron chi connectivity index (χ4n) is 1.81. The topological polar surface area (TPSA) is 20.2 Å². The summed E-state index contributed by atoms with van der Waals surface area (Å²) < 4.78 is 27.3. The maximum atomic E-state index is 13.4. The molecular weight excluding hydrogens is 346 g/mol. The van der Waals surface area contributed by atoms with Gasteiger partial charge in [0.2, 0.25) is 0 Å². The molecule has 0 fully saturated rings. The molecule has 20 heavy (non-hydrogen) atoms. The summed E-state index contributed by atoms with van der Waals surface area (Å²) in [5.41, 5.74) is 0.707. The van der Waals surface area contributed by atoms with Crippen LogP contribution < -0.4 is 0 Å². The minimum Gasteiger partial charge on any atom is -0.392 e. The van der Waals surface area contributed by atoms with E-state index in [2.05, 4.69) is 15.9 Å². The zero-order chi connectivity index (χ0) is 14.5. The first-order valence-electron chi connectivity index (χ1n) is 6.05. The summed E-state index contributed by atoms with van der Waals surface area (Å²) in [6.07, 6.45) is -0.328. The lowest BCUT2D eigenvalue weighted by Crippen LogP contribution is -2.13. The summed E-state index contributed by atoms with van der Waals surface area (Å²) in [7, 11) is 0. The molecule has 0 aliphatic rings. The molecule has 1 nitrogen and oxygen atoms in total. The SMILES string of the molecule is OC(CSc1ccccc1F)Cc1cc(F)cc(Br)c1. The first-order chi connectivity index (χ1) is 9.54. The molecule has 1 atom stereocenters. The Labute approximate surface area is 129 Å². The van der Waals surface area contributed by atoms with E-state index in [4.69, 9.17) is 0 Å². The van der Waals surface area contributed by atoms with Crippen LogP contribution in [0.2, 0.25) is 0 Å². The third kappa shape index (κ3) is 4.58. The Morgan fingerprint density at radius 3 is 2.60 bits per heavy atom. The van der Waals surface area contributed by atoms with Crippen LogP contribution >= 0.6 is 27.7 Å². The molecule has 0 heterocycles. The molecule has 1 unspecified atom stereocenters. The second kappa shape index (κ2) is 7.20. The lowest BCUT2D eigenvalue weighted by atomic mass is 10.1. The van der Waals surface area contributed by atoms with Crippen molar-refractivity contribution in [3.05, 3.63) is 64.1 Å². The number of thioether (sulfide) groups is 1. The molecule has 1 N–H and O–H groups in total. The van der Waals surface area contributed by atoms with Gasteiger partial charge in [0.1, 0.15) is 11.6 Å². The Hall–Kier alpha value is -0.910. The van der Waals surface area contributed by atoms with E-state index in [0.717, 1.165) is 0 Å². The van der Waals surface area contributed by atoms with Gasteiger partial charge in [0.05, 0.1) is 6.10 Å². The van der Waals surface area contributed by atoms with Crippen molar-refractivity contribution in [3.8, 4) is 0 Å². The number of aliphatic hydroxyl groups excluding tert-OH is 1. The van der Waals surface area contributed by atoms with Gasteiger partial charge in [0.15, 0.2) is 0 Å². The number of hydrogen-bond donors (Lipinski definition) is 1. The van der Waals surface area contributed by atoms with Gasteiger partial charge in [-0.15, -0.1) is 11.8 Å². The average Bonchev–Trinajstić information content (AvgIpc) is 2.36. The quantitative estimate of drug-likeness (QED) is 0.798. The van der Waals surface area contributed by atoms with Gasteiger partial charge < -0.3 is 5.11 Å². The Bertz CT molecular complexity index is 572. The summed E-state index contributed by atoms with van der Waals surface area (Å²) >= 11 is 4.46. The highest BCUT2D eigenvalue weighted by molar-refractivity contribution is 9.10. The molecule has 106 valence electrons. The Balaban J connectivity index is 1.92. The van der Waals surface area contributed by atoms with Crippen molar-refractivity contribution in [1.82, 2.24) is 0 Å². The Morgan fingerprint density at radius 1 is 1.15 bits per heavy atom. The lowest BCUT2D eigenvalue weighted by molar-refractivity contribution is 0.200. The molecule has 0 bridgehead atoms. The highest BCUT2D eigenvalue weighted by Gasteiger charge is 2.10. The van der Waals surface area contributed by atoms with E-state index in [9.17, 15) is 13.9 Å². The number of hydrogen-bond acceptors (Lipinski definition) is 2. The van der Waals surface area contributed by atoms with E-state index in [1.165, 1.54) is 30.0 Å². The fourth-order valence-corrected chi connectivity index (χ4v) is 3.19. The van der Waals surface area contributed by atoms with Crippen molar-refractivity contribution < 1.29 is 13.9 Å². The molecule has 2 rings (SSSR count). The second-order valence-electron chi connectivity index (χ2n) is 4.38. The molecule has 0 radical (unpaired) electrons. The van der Waals surface area contributed by atoms with E-state index < -0.39 is 6.10 Å². The van der Waals surface area contributed by atoms with E-state index in [0.29, 0.717) is 27.1 Å². The average molecular weight is 359 g/mol. The molecule has 0 saturated heterocycles. The van der Waals surface area contributed by atoms with Crippen LogP contribution in [-0.2, 0) is 6.42 Å². The third-order valence-corrected chi connectivity index (χ3v) is 4.31. The van der Waals surface area contributed by atoms with Crippen LogP contribution in [0.15, 0.2) is 51.8 Å². The van der Waals surface area contributed by atoms with Gasteiger partial charge in [-0.2, -0.15) is 0 Å². The minimum absolute atomic E-state index is 0.293. The fraction of sp³-hybridized carbons (Fsp3) is 0.200. The monoisotopic (exact) mass is 358 g/mol. The normalized spacial score (nSPS) is 12.4. The minimum atomic E-state index is -0.659. The van der Waals surface area contributed by atoms with Crippen LogP contribution in [0.1, 0.15) is 5.56 Å². The number of rotatable bonds is 5. The van der Waals surface area contributed by atoms with Gasteiger partial charge in [0.25, 0.3) is 0 Å². The van der Waals surface area contributed by atoms with Gasteiger partial charge in [-0.05, 0) is 42.3 Å². The first-order valence-corrected chi connectivity index (χ1v) is 7.83. The summed E-state index contributed by atoms with van der Waals surface area (Å²) in [4.78, 5) is 0.506. The summed E-state index contributed by atoms with van der Waals surface area (Å²) in [6, 6.07) is 11.0. The predicted molar refractivity (Wildman–Crippen MR) is 80.9 cm³/mol. The number of halogens is 3. The highest BCUT2D eigenvalue weighted by atomic mass is 79.9. The molecule has 0 amide bonds. The van der Waals surface area contributed by atoms with Crippen LogP contribution in [0.5, 0.6) is 0 Å². The maximum absolute atomic E-state index is 13.4. The first kappa shape index (κ1) is 15.5. The predicted octanol–water partition coefficient (Wildman–Crippen LogP) is 4.42. The maximum Gasteiger partial charge on any atom is 0.136 e. The molecule has 0 saturated carbocycles. The van der Waals surface area contributed by atoms with Gasteiger partial charge >= 0.3 is 0 Å². The van der Waals surface area contributed by atoms with E-state index in [1.807, 2.05) is 0 Å². The number of aliphatic hydroxyl groups is 1. The molecule has 0 spiro atoms. The number of benzene rings is 2. The lowest BCUT2D eigenvalue weighted by Gasteiger charge is -2.11. The largest absolute Gasteiger partial charge is 0.392 e. The van der Waals surface area contributed by atoms with Crippen molar-refractivity contribution in [2.45, 2.75) is 17.4 Å². The zero-order valence-corrected chi connectivity index (χ0v) is 12.9. The van der Waals surface area contributed by atoms with E-state index in [1.54, 1.807) is 24.3 Å². The van der Waals surface area contributed by atoms with Gasteiger partial charge in [-0.25, -0.2) is 8.78 Å². The molecule has 0 aromatic heterocycles. The highest BCUT2D eigenvalue weighted by Crippen LogP contribution is 2.23. The summed E-state index contributed by atoms with van der Waals surface area (Å²) in [6.45, 7) is 0. The van der Waals surface area contributed by atoms with Crippen molar-refractivity contribution in [2.75, 3.05) is 5.75 Å².